The summed E-state index contributed by atoms with van der Waals surface area (Å²) in [6, 6.07) is 10.0. The number of para-hydroxylation sites is 1. The Bertz CT molecular complexity index is 448. The van der Waals surface area contributed by atoms with Crippen molar-refractivity contribution in [1.29, 1.82) is 0 Å². The first kappa shape index (κ1) is 9.97. The minimum absolute atomic E-state index is 0.234. The molecule has 78 valence electrons. The maximum Gasteiger partial charge on any atom is 0.145 e. The van der Waals surface area contributed by atoms with Gasteiger partial charge in [-0.05, 0) is 25.5 Å². The Balaban J connectivity index is 2.42. The Morgan fingerprint density at radius 3 is 2.87 bits per heavy atom. The molecule has 1 aromatic carbocycles. The third kappa shape index (κ3) is 2.09. The van der Waals surface area contributed by atoms with E-state index in [2.05, 4.69) is 18.8 Å². The summed E-state index contributed by atoms with van der Waals surface area (Å²) in [6.45, 7) is 4.19. The first-order valence-corrected chi connectivity index (χ1v) is 5.31. The van der Waals surface area contributed by atoms with E-state index in [9.17, 15) is 0 Å². The standard InChI is InChI=1S/C13H15NO/c1-3-10(2)15-12-8-4-6-11-7-5-9-14-13(11)12/h4-10H,3H2,1-2H3/t10-/m1/s1. The molecule has 1 atom stereocenters. The van der Waals surface area contributed by atoms with E-state index in [-0.39, 0.29) is 6.10 Å². The van der Waals surface area contributed by atoms with E-state index in [1.54, 1.807) is 6.20 Å². The molecule has 2 heteroatoms. The van der Waals surface area contributed by atoms with Gasteiger partial charge in [-0.25, -0.2) is 0 Å². The summed E-state index contributed by atoms with van der Waals surface area (Å²) < 4.78 is 5.81. The molecule has 1 aromatic heterocycles. The van der Waals surface area contributed by atoms with Gasteiger partial charge in [-0.2, -0.15) is 0 Å². The number of benzene rings is 1. The van der Waals surface area contributed by atoms with Crippen LogP contribution in [0.25, 0.3) is 10.9 Å². The van der Waals surface area contributed by atoms with Crippen LogP contribution in [0.2, 0.25) is 0 Å². The van der Waals surface area contributed by atoms with Crippen molar-refractivity contribution in [3.63, 3.8) is 0 Å². The Morgan fingerprint density at radius 1 is 1.27 bits per heavy atom. The predicted molar refractivity (Wildman–Crippen MR) is 62.1 cm³/mol. The molecular formula is C13H15NO. The van der Waals surface area contributed by atoms with Gasteiger partial charge in [0, 0.05) is 11.6 Å². The van der Waals surface area contributed by atoms with Gasteiger partial charge in [0.05, 0.1) is 6.10 Å². The minimum Gasteiger partial charge on any atom is -0.488 e. The summed E-state index contributed by atoms with van der Waals surface area (Å²) in [7, 11) is 0. The monoisotopic (exact) mass is 201 g/mol. The maximum atomic E-state index is 5.81. The lowest BCUT2D eigenvalue weighted by molar-refractivity contribution is 0.220. The zero-order chi connectivity index (χ0) is 10.7. The second-order valence-electron chi connectivity index (χ2n) is 3.67. The molecule has 0 bridgehead atoms. The molecule has 2 aromatic rings. The smallest absolute Gasteiger partial charge is 0.145 e. The lowest BCUT2D eigenvalue weighted by Gasteiger charge is -2.13. The molecule has 0 aliphatic heterocycles. The van der Waals surface area contributed by atoms with Crippen molar-refractivity contribution in [1.82, 2.24) is 4.98 Å². The Morgan fingerprint density at radius 2 is 2.07 bits per heavy atom. The number of pyridine rings is 1. The van der Waals surface area contributed by atoms with Crippen molar-refractivity contribution in [2.75, 3.05) is 0 Å². The highest BCUT2D eigenvalue weighted by molar-refractivity contribution is 5.84. The van der Waals surface area contributed by atoms with E-state index >= 15 is 0 Å². The zero-order valence-corrected chi connectivity index (χ0v) is 9.10. The topological polar surface area (TPSA) is 22.1 Å². The van der Waals surface area contributed by atoms with Gasteiger partial charge < -0.3 is 4.74 Å². The molecule has 0 aliphatic carbocycles. The third-order valence-electron chi connectivity index (χ3n) is 2.50. The molecular weight excluding hydrogens is 186 g/mol. The lowest BCUT2D eigenvalue weighted by atomic mass is 10.2. The van der Waals surface area contributed by atoms with Crippen molar-refractivity contribution in [3.8, 4) is 5.75 Å². The van der Waals surface area contributed by atoms with Gasteiger partial charge in [0.25, 0.3) is 0 Å². The third-order valence-corrected chi connectivity index (χ3v) is 2.50. The summed E-state index contributed by atoms with van der Waals surface area (Å²) in [6.07, 6.45) is 3.03. The van der Waals surface area contributed by atoms with Crippen molar-refractivity contribution in [2.45, 2.75) is 26.4 Å². The lowest BCUT2D eigenvalue weighted by Crippen LogP contribution is -2.10. The van der Waals surface area contributed by atoms with Crippen molar-refractivity contribution in [3.05, 3.63) is 36.5 Å². The average molecular weight is 201 g/mol. The highest BCUT2D eigenvalue weighted by atomic mass is 16.5. The van der Waals surface area contributed by atoms with Crippen LogP contribution in [-0.4, -0.2) is 11.1 Å². The van der Waals surface area contributed by atoms with E-state index in [0.29, 0.717) is 0 Å². The van der Waals surface area contributed by atoms with Gasteiger partial charge in [0.15, 0.2) is 0 Å². The Kier molecular flexibility index (Phi) is 2.86. The fourth-order valence-corrected chi connectivity index (χ4v) is 1.47. The molecule has 1 heterocycles. The van der Waals surface area contributed by atoms with Crippen molar-refractivity contribution >= 4 is 10.9 Å². The molecule has 0 aliphatic rings. The fourth-order valence-electron chi connectivity index (χ4n) is 1.47. The normalized spacial score (nSPS) is 12.7. The van der Waals surface area contributed by atoms with E-state index < -0.39 is 0 Å². The van der Waals surface area contributed by atoms with Crippen LogP contribution in [0.1, 0.15) is 20.3 Å². The number of hydrogen-bond acceptors (Lipinski definition) is 2. The van der Waals surface area contributed by atoms with Crippen LogP contribution in [0.15, 0.2) is 36.5 Å². The van der Waals surface area contributed by atoms with Crippen LogP contribution in [0, 0.1) is 0 Å². The molecule has 2 nitrogen and oxygen atoms in total. The van der Waals surface area contributed by atoms with Gasteiger partial charge in [-0.3, -0.25) is 4.98 Å². The molecule has 0 fully saturated rings. The van der Waals surface area contributed by atoms with Crippen molar-refractivity contribution < 1.29 is 4.74 Å². The van der Waals surface area contributed by atoms with Crippen LogP contribution in [0.4, 0.5) is 0 Å². The SMILES string of the molecule is CC[C@@H](C)Oc1cccc2cccnc12. The zero-order valence-electron chi connectivity index (χ0n) is 9.10. The van der Waals surface area contributed by atoms with E-state index in [1.807, 2.05) is 30.3 Å². The first-order valence-electron chi connectivity index (χ1n) is 5.31. The largest absolute Gasteiger partial charge is 0.488 e. The van der Waals surface area contributed by atoms with Crippen LogP contribution in [-0.2, 0) is 0 Å². The van der Waals surface area contributed by atoms with Crippen LogP contribution in [0.3, 0.4) is 0 Å². The Labute approximate surface area is 89.9 Å². The fraction of sp³-hybridized carbons (Fsp3) is 0.308. The summed E-state index contributed by atoms with van der Waals surface area (Å²) in [5.41, 5.74) is 0.945. The number of aromatic nitrogens is 1. The van der Waals surface area contributed by atoms with Gasteiger partial charge in [-0.15, -0.1) is 0 Å². The molecule has 15 heavy (non-hydrogen) atoms. The summed E-state index contributed by atoms with van der Waals surface area (Å²) in [4.78, 5) is 4.34. The maximum absolute atomic E-state index is 5.81. The molecule has 0 saturated carbocycles. The van der Waals surface area contributed by atoms with E-state index in [1.165, 1.54) is 0 Å². The predicted octanol–water partition coefficient (Wildman–Crippen LogP) is 3.41. The molecule has 2 rings (SSSR count). The quantitative estimate of drug-likeness (QED) is 0.759. The van der Waals surface area contributed by atoms with Crippen molar-refractivity contribution in [2.24, 2.45) is 0 Å². The highest BCUT2D eigenvalue weighted by Gasteiger charge is 2.05. The van der Waals surface area contributed by atoms with Gasteiger partial charge >= 0.3 is 0 Å². The first-order chi connectivity index (χ1) is 7.31. The molecule has 0 amide bonds. The second kappa shape index (κ2) is 4.30. The van der Waals surface area contributed by atoms with Gasteiger partial charge in [0.2, 0.25) is 0 Å². The second-order valence-corrected chi connectivity index (χ2v) is 3.67. The number of fused-ring (bicyclic) bond motifs is 1. The number of hydrogen-bond donors (Lipinski definition) is 0. The number of ether oxygens (including phenoxy) is 1. The van der Waals surface area contributed by atoms with E-state index in [4.69, 9.17) is 4.74 Å². The summed E-state index contributed by atoms with van der Waals surface area (Å²) in [5, 5.41) is 1.12. The summed E-state index contributed by atoms with van der Waals surface area (Å²) in [5.74, 6) is 0.877. The molecule has 0 unspecified atom stereocenters. The summed E-state index contributed by atoms with van der Waals surface area (Å²) >= 11 is 0. The molecule has 0 radical (unpaired) electrons. The van der Waals surface area contributed by atoms with Crippen LogP contribution < -0.4 is 4.74 Å². The van der Waals surface area contributed by atoms with Crippen LogP contribution >= 0.6 is 0 Å². The number of rotatable bonds is 3. The van der Waals surface area contributed by atoms with E-state index in [0.717, 1.165) is 23.1 Å². The van der Waals surface area contributed by atoms with Crippen LogP contribution in [0.5, 0.6) is 5.75 Å². The minimum atomic E-state index is 0.234. The average Bonchev–Trinajstić information content (AvgIpc) is 2.29. The van der Waals surface area contributed by atoms with Gasteiger partial charge in [-0.1, -0.05) is 25.1 Å². The van der Waals surface area contributed by atoms with Gasteiger partial charge in [0.1, 0.15) is 11.3 Å². The number of nitrogens with zero attached hydrogens (tertiary/aromatic N) is 1. The molecule has 0 spiro atoms. The highest BCUT2D eigenvalue weighted by Crippen LogP contribution is 2.24. The Hall–Kier alpha value is -1.57. The molecule has 0 saturated heterocycles. The molecule has 0 N–H and O–H groups in total.